The fourth-order valence-corrected chi connectivity index (χ4v) is 2.29. The smallest absolute Gasteiger partial charge is 0.338 e. The van der Waals surface area contributed by atoms with E-state index in [2.05, 4.69) is 16.9 Å². The predicted molar refractivity (Wildman–Crippen MR) is 89.7 cm³/mol. The molecule has 0 radical (unpaired) electrons. The molecule has 0 spiro atoms. The second kappa shape index (κ2) is 7.89. The predicted octanol–water partition coefficient (Wildman–Crippen LogP) is 4.08. The van der Waals surface area contributed by atoms with Gasteiger partial charge in [0.05, 0.1) is 26.3 Å². The Labute approximate surface area is 135 Å². The monoisotopic (exact) mass is 309 g/mol. The maximum absolute atomic E-state index is 11.9. The molecule has 0 N–H and O–H groups in total. The highest BCUT2D eigenvalue weighted by atomic mass is 16.5. The second-order valence-corrected chi connectivity index (χ2v) is 4.81. The fourth-order valence-electron chi connectivity index (χ4n) is 2.29. The highest BCUT2D eigenvalue weighted by molar-refractivity contribution is 5.97. The first-order valence-electron chi connectivity index (χ1n) is 7.15. The molecule has 0 fully saturated rings. The van der Waals surface area contributed by atoms with Gasteiger partial charge in [0.25, 0.3) is 0 Å². The molecule has 0 saturated carbocycles. The maximum atomic E-state index is 11.9. The first-order chi connectivity index (χ1) is 11.2. The third-order valence-corrected chi connectivity index (χ3v) is 3.33. The molecule has 5 nitrogen and oxygen atoms in total. The SMILES string of the molecule is C=CN(Cc1cccc(-c2ccccc2C(=O)OC)c1)N=NC. The van der Waals surface area contributed by atoms with E-state index in [9.17, 15) is 4.79 Å². The fraction of sp³-hybridized carbons (Fsp3) is 0.167. The van der Waals surface area contributed by atoms with Gasteiger partial charge in [0, 0.05) is 6.20 Å². The van der Waals surface area contributed by atoms with Gasteiger partial charge in [-0.05, 0) is 28.8 Å². The molecule has 0 aliphatic rings. The maximum Gasteiger partial charge on any atom is 0.338 e. The van der Waals surface area contributed by atoms with Crippen molar-refractivity contribution in [3.05, 3.63) is 72.4 Å². The minimum absolute atomic E-state index is 0.349. The summed E-state index contributed by atoms with van der Waals surface area (Å²) in [6.45, 7) is 4.27. The summed E-state index contributed by atoms with van der Waals surface area (Å²) in [7, 11) is 2.99. The van der Waals surface area contributed by atoms with Crippen LogP contribution >= 0.6 is 0 Å². The number of carbonyl (C=O) groups excluding carboxylic acids is 1. The lowest BCUT2D eigenvalue weighted by atomic mass is 9.98. The summed E-state index contributed by atoms with van der Waals surface area (Å²) in [5.41, 5.74) is 3.36. The lowest BCUT2D eigenvalue weighted by Gasteiger charge is -2.13. The zero-order valence-electron chi connectivity index (χ0n) is 13.3. The quantitative estimate of drug-likeness (QED) is 0.459. The highest BCUT2D eigenvalue weighted by Gasteiger charge is 2.12. The number of rotatable bonds is 6. The van der Waals surface area contributed by atoms with Crippen molar-refractivity contribution >= 4 is 5.97 Å². The van der Waals surface area contributed by atoms with Gasteiger partial charge in [-0.25, -0.2) is 4.79 Å². The molecule has 0 saturated heterocycles. The van der Waals surface area contributed by atoms with Crippen molar-refractivity contribution < 1.29 is 9.53 Å². The topological polar surface area (TPSA) is 54.3 Å². The number of hydrogen-bond donors (Lipinski definition) is 0. The van der Waals surface area contributed by atoms with E-state index < -0.39 is 0 Å². The third kappa shape index (κ3) is 4.03. The first kappa shape index (κ1) is 16.4. The van der Waals surface area contributed by atoms with Crippen LogP contribution in [0, 0.1) is 0 Å². The minimum Gasteiger partial charge on any atom is -0.465 e. The van der Waals surface area contributed by atoms with Crippen LogP contribution in [-0.2, 0) is 11.3 Å². The molecule has 0 aromatic heterocycles. The van der Waals surface area contributed by atoms with E-state index in [4.69, 9.17) is 4.74 Å². The molecule has 2 aromatic rings. The summed E-state index contributed by atoms with van der Waals surface area (Å²) in [4.78, 5) is 11.9. The summed E-state index contributed by atoms with van der Waals surface area (Å²) in [6.07, 6.45) is 1.61. The minimum atomic E-state index is -0.349. The van der Waals surface area contributed by atoms with Crippen LogP contribution in [0.2, 0.25) is 0 Å². The van der Waals surface area contributed by atoms with Crippen LogP contribution in [-0.4, -0.2) is 25.1 Å². The van der Waals surface area contributed by atoms with Gasteiger partial charge in [-0.2, -0.15) is 5.11 Å². The average Bonchev–Trinajstić information content (AvgIpc) is 2.61. The van der Waals surface area contributed by atoms with E-state index in [1.54, 1.807) is 24.3 Å². The van der Waals surface area contributed by atoms with Crippen molar-refractivity contribution in [1.29, 1.82) is 0 Å². The van der Waals surface area contributed by atoms with E-state index >= 15 is 0 Å². The summed E-state index contributed by atoms with van der Waals surface area (Å²) in [5.74, 6) is -0.349. The molecule has 0 heterocycles. The molecule has 0 atom stereocenters. The number of carbonyl (C=O) groups is 1. The molecule has 2 aromatic carbocycles. The zero-order chi connectivity index (χ0) is 16.7. The third-order valence-electron chi connectivity index (χ3n) is 3.33. The number of ether oxygens (including phenoxy) is 1. The molecular weight excluding hydrogens is 290 g/mol. The van der Waals surface area contributed by atoms with Crippen molar-refractivity contribution in [3.8, 4) is 11.1 Å². The van der Waals surface area contributed by atoms with Gasteiger partial charge in [-0.15, -0.1) is 0 Å². The van der Waals surface area contributed by atoms with Gasteiger partial charge in [0.2, 0.25) is 0 Å². The van der Waals surface area contributed by atoms with Crippen LogP contribution in [0.3, 0.4) is 0 Å². The molecule has 23 heavy (non-hydrogen) atoms. The average molecular weight is 309 g/mol. The first-order valence-corrected chi connectivity index (χ1v) is 7.15. The molecule has 0 unspecified atom stereocenters. The van der Waals surface area contributed by atoms with Crippen LogP contribution in [0.4, 0.5) is 0 Å². The van der Waals surface area contributed by atoms with Gasteiger partial charge in [-0.3, -0.25) is 5.01 Å². The Balaban J connectivity index is 2.37. The van der Waals surface area contributed by atoms with Gasteiger partial charge >= 0.3 is 5.97 Å². The summed E-state index contributed by atoms with van der Waals surface area (Å²) in [6, 6.07) is 15.3. The molecular formula is C18H19N3O2. The standard InChI is InChI=1S/C18H19N3O2/c1-4-21(20-19-2)13-14-8-7-9-15(12-14)16-10-5-6-11-17(16)18(22)23-3/h4-12H,1,13H2,2-3H3. The lowest BCUT2D eigenvalue weighted by molar-refractivity contribution is 0.0601. The van der Waals surface area contributed by atoms with E-state index in [1.165, 1.54) is 7.11 Å². The molecule has 0 aliphatic carbocycles. The van der Waals surface area contributed by atoms with Crippen LogP contribution in [0.1, 0.15) is 15.9 Å². The summed E-state index contributed by atoms with van der Waals surface area (Å²) in [5, 5.41) is 9.36. The van der Waals surface area contributed by atoms with Crippen LogP contribution < -0.4 is 0 Å². The zero-order valence-corrected chi connectivity index (χ0v) is 13.3. The summed E-state index contributed by atoms with van der Waals surface area (Å²) >= 11 is 0. The Bertz CT molecular complexity index is 726. The molecule has 5 heteroatoms. The van der Waals surface area contributed by atoms with Gasteiger partial charge in [0.15, 0.2) is 0 Å². The number of methoxy groups -OCH3 is 1. The molecule has 0 aliphatic heterocycles. The van der Waals surface area contributed by atoms with Crippen molar-refractivity contribution in [3.63, 3.8) is 0 Å². The van der Waals surface area contributed by atoms with Crippen LogP contribution in [0.15, 0.2) is 71.6 Å². The highest BCUT2D eigenvalue weighted by Crippen LogP contribution is 2.25. The number of hydrogen-bond acceptors (Lipinski definition) is 4. The number of benzene rings is 2. The van der Waals surface area contributed by atoms with E-state index in [0.29, 0.717) is 12.1 Å². The van der Waals surface area contributed by atoms with Gasteiger partial charge in [0.1, 0.15) is 0 Å². The van der Waals surface area contributed by atoms with Crippen molar-refractivity contribution in [1.82, 2.24) is 5.01 Å². The van der Waals surface area contributed by atoms with Gasteiger partial charge < -0.3 is 4.74 Å². The molecule has 2 rings (SSSR count). The molecule has 0 bridgehead atoms. The Hall–Kier alpha value is -2.95. The lowest BCUT2D eigenvalue weighted by Crippen LogP contribution is -2.08. The van der Waals surface area contributed by atoms with Crippen molar-refractivity contribution in [2.24, 2.45) is 10.3 Å². The number of esters is 1. The van der Waals surface area contributed by atoms with Crippen molar-refractivity contribution in [2.75, 3.05) is 14.2 Å². The number of nitrogens with zero attached hydrogens (tertiary/aromatic N) is 3. The molecule has 0 amide bonds. The van der Waals surface area contributed by atoms with Crippen molar-refractivity contribution in [2.45, 2.75) is 6.54 Å². The Morgan fingerprint density at radius 3 is 2.74 bits per heavy atom. The van der Waals surface area contributed by atoms with E-state index in [-0.39, 0.29) is 5.97 Å². The Morgan fingerprint density at radius 1 is 1.26 bits per heavy atom. The van der Waals surface area contributed by atoms with Crippen LogP contribution in [0.25, 0.3) is 11.1 Å². The van der Waals surface area contributed by atoms with E-state index in [0.717, 1.165) is 16.7 Å². The molecule has 118 valence electrons. The van der Waals surface area contributed by atoms with Crippen LogP contribution in [0.5, 0.6) is 0 Å². The largest absolute Gasteiger partial charge is 0.465 e. The second-order valence-electron chi connectivity index (χ2n) is 4.81. The Morgan fingerprint density at radius 2 is 2.04 bits per heavy atom. The van der Waals surface area contributed by atoms with E-state index in [1.807, 2.05) is 42.5 Å². The van der Waals surface area contributed by atoms with Gasteiger partial charge in [-0.1, -0.05) is 48.2 Å². The summed E-state index contributed by atoms with van der Waals surface area (Å²) < 4.78 is 4.85. The Kier molecular flexibility index (Phi) is 5.63. The normalized spacial score (nSPS) is 10.5.